The number of pyridine rings is 1. The highest BCUT2D eigenvalue weighted by Gasteiger charge is 2.17. The van der Waals surface area contributed by atoms with Gasteiger partial charge in [0, 0.05) is 34.2 Å². The minimum absolute atomic E-state index is 0.482. The summed E-state index contributed by atoms with van der Waals surface area (Å²) in [6.45, 7) is 2.11. The van der Waals surface area contributed by atoms with Crippen LogP contribution in [0.4, 0.5) is 0 Å². The molecule has 9 rings (SSSR count). The molecule has 236 valence electrons. The van der Waals surface area contributed by atoms with Crippen molar-refractivity contribution in [1.29, 1.82) is 0 Å². The summed E-state index contributed by atoms with van der Waals surface area (Å²) in [4.78, 5) is 19.7. The third kappa shape index (κ3) is 5.51. The molecule has 6 aromatic carbocycles. The van der Waals surface area contributed by atoms with Gasteiger partial charge >= 0.3 is 0 Å². The highest BCUT2D eigenvalue weighted by atomic mass is 16.3. The predicted molar refractivity (Wildman–Crippen MR) is 202 cm³/mol. The molecule has 9 aromatic rings. The Morgan fingerprint density at radius 3 is 1.66 bits per heavy atom. The maximum Gasteiger partial charge on any atom is 0.182 e. The summed E-state index contributed by atoms with van der Waals surface area (Å²) >= 11 is 0. The highest BCUT2D eigenvalue weighted by Crippen LogP contribution is 2.38. The van der Waals surface area contributed by atoms with Crippen molar-refractivity contribution < 1.29 is 4.42 Å². The van der Waals surface area contributed by atoms with E-state index < -0.39 is 0 Å². The van der Waals surface area contributed by atoms with Gasteiger partial charge in [-0.15, -0.1) is 0 Å². The van der Waals surface area contributed by atoms with Gasteiger partial charge < -0.3 is 4.42 Å². The van der Waals surface area contributed by atoms with Crippen LogP contribution in [0.1, 0.15) is 5.56 Å². The maximum atomic E-state index is 6.45. The fraction of sp³-hybridized carbons (Fsp3) is 0.0222. The van der Waals surface area contributed by atoms with Crippen molar-refractivity contribution in [2.75, 3.05) is 0 Å². The van der Waals surface area contributed by atoms with Crippen molar-refractivity contribution in [1.82, 2.24) is 19.9 Å². The van der Waals surface area contributed by atoms with Crippen LogP contribution in [0.15, 0.2) is 168 Å². The van der Waals surface area contributed by atoms with Crippen molar-refractivity contribution in [3.05, 3.63) is 169 Å². The Kier molecular flexibility index (Phi) is 7.29. The van der Waals surface area contributed by atoms with E-state index >= 15 is 0 Å². The number of benzene rings is 6. The van der Waals surface area contributed by atoms with Crippen LogP contribution in [-0.4, -0.2) is 19.9 Å². The highest BCUT2D eigenvalue weighted by molar-refractivity contribution is 6.12. The summed E-state index contributed by atoms with van der Waals surface area (Å²) in [5, 5.41) is 1.97. The lowest BCUT2D eigenvalue weighted by atomic mass is 9.97. The number of fused-ring (bicyclic) bond motifs is 3. The van der Waals surface area contributed by atoms with E-state index in [1.165, 1.54) is 22.3 Å². The number of nitrogens with zero attached hydrogens (tertiary/aromatic N) is 4. The van der Waals surface area contributed by atoms with E-state index in [-0.39, 0.29) is 0 Å². The molecule has 0 saturated heterocycles. The van der Waals surface area contributed by atoms with Crippen molar-refractivity contribution in [3.8, 4) is 67.7 Å². The Balaban J connectivity index is 1.12. The minimum Gasteiger partial charge on any atom is -0.456 e. The zero-order valence-electron chi connectivity index (χ0n) is 27.3. The average Bonchev–Trinajstić information content (AvgIpc) is 3.57. The average molecular weight is 643 g/mol. The second-order valence-corrected chi connectivity index (χ2v) is 12.4. The third-order valence-corrected chi connectivity index (χ3v) is 9.08. The normalized spacial score (nSPS) is 11.3. The molecule has 0 bridgehead atoms. The molecule has 5 heteroatoms. The van der Waals surface area contributed by atoms with E-state index in [9.17, 15) is 0 Å². The molecule has 50 heavy (non-hydrogen) atoms. The lowest BCUT2D eigenvalue weighted by molar-refractivity contribution is 0.668. The smallest absolute Gasteiger partial charge is 0.182 e. The fourth-order valence-electron chi connectivity index (χ4n) is 6.53. The molecular formula is C45H30N4O. The molecule has 0 atom stereocenters. The van der Waals surface area contributed by atoms with Gasteiger partial charge in [-0.25, -0.2) is 15.0 Å². The first-order valence-electron chi connectivity index (χ1n) is 16.6. The Bertz CT molecular complexity index is 2630. The summed E-state index contributed by atoms with van der Waals surface area (Å²) in [6.07, 6.45) is 1.88. The van der Waals surface area contributed by atoms with Crippen molar-refractivity contribution in [2.45, 2.75) is 6.92 Å². The molecule has 0 spiro atoms. The summed E-state index contributed by atoms with van der Waals surface area (Å²) < 4.78 is 6.45. The van der Waals surface area contributed by atoms with Gasteiger partial charge in [0.15, 0.2) is 17.5 Å². The molecule has 0 unspecified atom stereocenters. The number of hydrogen-bond acceptors (Lipinski definition) is 5. The summed E-state index contributed by atoms with van der Waals surface area (Å²) in [5.74, 6) is 1.65. The maximum absolute atomic E-state index is 6.45. The van der Waals surface area contributed by atoms with Gasteiger partial charge in [-0.3, -0.25) is 4.98 Å². The van der Waals surface area contributed by atoms with E-state index in [2.05, 4.69) is 110 Å². The lowest BCUT2D eigenvalue weighted by Gasteiger charge is -2.09. The molecule has 0 amide bonds. The van der Waals surface area contributed by atoms with E-state index in [0.717, 1.165) is 49.8 Å². The Morgan fingerprint density at radius 1 is 0.420 bits per heavy atom. The van der Waals surface area contributed by atoms with Gasteiger partial charge in [0.2, 0.25) is 0 Å². The monoisotopic (exact) mass is 642 g/mol. The zero-order valence-corrected chi connectivity index (χ0v) is 27.3. The first-order valence-corrected chi connectivity index (χ1v) is 16.6. The largest absolute Gasteiger partial charge is 0.456 e. The predicted octanol–water partition coefficient (Wildman–Crippen LogP) is 11.5. The zero-order chi connectivity index (χ0) is 33.4. The topological polar surface area (TPSA) is 64.7 Å². The molecule has 0 fully saturated rings. The SMILES string of the molecule is Cc1cccc(-c2ccc(-c3nc(-c4ccccc4)nc(-c4cc5oc6cccc(-c7ccc(-c8ccccc8)cc7)c6c5cn4)n3)cc2)c1. The van der Waals surface area contributed by atoms with Crippen molar-refractivity contribution in [3.63, 3.8) is 0 Å². The Hall–Kier alpha value is -6.72. The molecular weight excluding hydrogens is 613 g/mol. The summed E-state index contributed by atoms with van der Waals surface area (Å²) in [5.41, 5.74) is 12.1. The Labute approximate surface area is 289 Å². The summed E-state index contributed by atoms with van der Waals surface area (Å²) in [7, 11) is 0. The first-order chi connectivity index (χ1) is 24.7. The van der Waals surface area contributed by atoms with Gasteiger partial charge in [-0.2, -0.15) is 0 Å². The molecule has 0 aliphatic carbocycles. The van der Waals surface area contributed by atoms with Gasteiger partial charge in [0.1, 0.15) is 16.9 Å². The van der Waals surface area contributed by atoms with E-state index in [0.29, 0.717) is 23.2 Å². The van der Waals surface area contributed by atoms with Crippen LogP contribution < -0.4 is 0 Å². The van der Waals surface area contributed by atoms with Gasteiger partial charge in [0.25, 0.3) is 0 Å². The van der Waals surface area contributed by atoms with Crippen LogP contribution in [0.3, 0.4) is 0 Å². The van der Waals surface area contributed by atoms with Crippen molar-refractivity contribution >= 4 is 21.9 Å². The Morgan fingerprint density at radius 2 is 0.960 bits per heavy atom. The quantitative estimate of drug-likeness (QED) is 0.181. The van der Waals surface area contributed by atoms with Crippen LogP contribution >= 0.6 is 0 Å². The molecule has 0 N–H and O–H groups in total. The van der Waals surface area contributed by atoms with Crippen molar-refractivity contribution in [2.24, 2.45) is 0 Å². The molecule has 3 aromatic heterocycles. The van der Waals surface area contributed by atoms with Crippen LogP contribution in [0.5, 0.6) is 0 Å². The van der Waals surface area contributed by atoms with Crippen LogP contribution in [0.2, 0.25) is 0 Å². The number of aromatic nitrogens is 4. The molecule has 0 aliphatic heterocycles. The molecule has 3 heterocycles. The molecule has 0 aliphatic rings. The number of furan rings is 1. The number of hydrogen-bond donors (Lipinski definition) is 0. The second kappa shape index (κ2) is 12.4. The third-order valence-electron chi connectivity index (χ3n) is 9.08. The number of rotatable bonds is 6. The summed E-state index contributed by atoms with van der Waals surface area (Å²) in [6, 6.07) is 54.0. The van der Waals surface area contributed by atoms with E-state index in [1.54, 1.807) is 0 Å². The standard InChI is InChI=1S/C45H30N4O/c1-29-10-8-15-36(26-29)32-20-24-35(25-21-32)44-47-43(34-13-6-3-7-14-34)48-45(49-44)39-27-41-38(28-46-39)42-37(16-9-17-40(42)50-41)33-22-18-31(19-23-33)30-11-4-2-5-12-30/h2-28H,1H3. The van der Waals surface area contributed by atoms with E-state index in [4.69, 9.17) is 24.4 Å². The first kappa shape index (κ1) is 29.4. The van der Waals surface area contributed by atoms with Gasteiger partial charge in [-0.1, -0.05) is 151 Å². The van der Waals surface area contributed by atoms with E-state index in [1.807, 2.05) is 60.8 Å². The van der Waals surface area contributed by atoms with Gasteiger partial charge in [0.05, 0.1) is 0 Å². The molecule has 0 saturated carbocycles. The molecule has 0 radical (unpaired) electrons. The van der Waals surface area contributed by atoms with Crippen LogP contribution in [-0.2, 0) is 0 Å². The van der Waals surface area contributed by atoms with Gasteiger partial charge in [-0.05, 0) is 46.4 Å². The fourth-order valence-corrected chi connectivity index (χ4v) is 6.53. The molecule has 5 nitrogen and oxygen atoms in total. The second-order valence-electron chi connectivity index (χ2n) is 12.4. The minimum atomic E-state index is 0.482. The number of aryl methyl sites for hydroxylation is 1. The van der Waals surface area contributed by atoms with Crippen LogP contribution in [0, 0.1) is 6.92 Å². The lowest BCUT2D eigenvalue weighted by Crippen LogP contribution is -2.01. The van der Waals surface area contributed by atoms with Crippen LogP contribution in [0.25, 0.3) is 89.6 Å².